The van der Waals surface area contributed by atoms with Gasteiger partial charge in [0.2, 0.25) is 0 Å². The Morgan fingerprint density at radius 2 is 1.85 bits per heavy atom. The molecule has 9 heteroatoms. The summed E-state index contributed by atoms with van der Waals surface area (Å²) in [7, 11) is 0. The van der Waals surface area contributed by atoms with E-state index in [0.29, 0.717) is 40.8 Å². The van der Waals surface area contributed by atoms with Crippen LogP contribution in [0.3, 0.4) is 0 Å². The molecule has 0 saturated heterocycles. The molecule has 0 aliphatic carbocycles. The molecule has 0 spiro atoms. The highest BCUT2D eigenvalue weighted by Gasteiger charge is 2.21. The van der Waals surface area contributed by atoms with Crippen LogP contribution in [-0.4, -0.2) is 29.6 Å². The van der Waals surface area contributed by atoms with Crippen molar-refractivity contribution in [1.82, 2.24) is 24.5 Å². The number of pyridine rings is 2. The zero-order chi connectivity index (χ0) is 24.6. The molecule has 0 bridgehead atoms. The molecule has 4 aromatic rings. The van der Waals surface area contributed by atoms with Gasteiger partial charge in [-0.15, -0.1) is 11.3 Å². The number of nitrogens with zero attached hydrogens (tertiary/aromatic N) is 5. The van der Waals surface area contributed by atoms with Gasteiger partial charge in [-0.2, -0.15) is 0 Å². The number of ether oxygens (including phenoxy) is 1. The van der Waals surface area contributed by atoms with Crippen LogP contribution in [0.25, 0.3) is 17.1 Å². The molecule has 0 saturated carbocycles. The van der Waals surface area contributed by atoms with Gasteiger partial charge in [-0.25, -0.2) is 15.0 Å². The van der Waals surface area contributed by atoms with Crippen LogP contribution < -0.4 is 10.3 Å². The SMILES string of the molecule is Cc1nc(COc2cc(C)n(-c3cc(-c4ccnc(C(C)(C)O)n4)ncc3C)c(=O)c2C)cs1. The first-order chi connectivity index (χ1) is 16.0. The van der Waals surface area contributed by atoms with Crippen LogP contribution >= 0.6 is 11.3 Å². The second-order valence-corrected chi connectivity index (χ2v) is 9.80. The number of hydrogen-bond donors (Lipinski definition) is 1. The molecule has 1 N–H and O–H groups in total. The molecule has 8 nitrogen and oxygen atoms in total. The third-order valence-corrected chi connectivity index (χ3v) is 6.23. The molecule has 4 aromatic heterocycles. The summed E-state index contributed by atoms with van der Waals surface area (Å²) in [5.41, 5.74) is 3.45. The van der Waals surface area contributed by atoms with Gasteiger partial charge in [0.1, 0.15) is 18.0 Å². The van der Waals surface area contributed by atoms with E-state index < -0.39 is 5.60 Å². The normalized spacial score (nSPS) is 11.6. The third kappa shape index (κ3) is 4.76. The first-order valence-corrected chi connectivity index (χ1v) is 11.7. The van der Waals surface area contributed by atoms with E-state index in [2.05, 4.69) is 19.9 Å². The van der Waals surface area contributed by atoms with E-state index in [1.165, 1.54) is 0 Å². The van der Waals surface area contributed by atoms with Gasteiger partial charge >= 0.3 is 0 Å². The van der Waals surface area contributed by atoms with E-state index in [1.54, 1.807) is 55.1 Å². The molecule has 0 aliphatic heterocycles. The fourth-order valence-electron chi connectivity index (χ4n) is 3.56. The minimum atomic E-state index is -1.18. The summed E-state index contributed by atoms with van der Waals surface area (Å²) in [4.78, 5) is 31.0. The first kappa shape index (κ1) is 23.7. The second kappa shape index (κ2) is 9.08. The molecule has 4 rings (SSSR count). The molecule has 0 aromatic carbocycles. The summed E-state index contributed by atoms with van der Waals surface area (Å²) in [6.07, 6.45) is 3.31. The van der Waals surface area contributed by atoms with Gasteiger partial charge in [0.15, 0.2) is 5.82 Å². The predicted molar refractivity (Wildman–Crippen MR) is 131 cm³/mol. The molecule has 0 fully saturated rings. The van der Waals surface area contributed by atoms with Gasteiger partial charge in [-0.05, 0) is 59.2 Å². The van der Waals surface area contributed by atoms with Crippen molar-refractivity contribution in [2.45, 2.75) is 53.8 Å². The number of rotatable bonds is 6. The van der Waals surface area contributed by atoms with E-state index in [0.717, 1.165) is 22.0 Å². The standard InChI is InChI=1S/C25H27N5O3S/c1-14-11-27-20(19-7-8-26-24(29-19)25(5,6)32)10-21(14)30-15(2)9-22(16(3)23(30)31)33-12-18-13-34-17(4)28-18/h7-11,13,32H,12H2,1-6H3. The van der Waals surface area contributed by atoms with Crippen LogP contribution in [0.2, 0.25) is 0 Å². The lowest BCUT2D eigenvalue weighted by Crippen LogP contribution is -2.24. The van der Waals surface area contributed by atoms with E-state index in [9.17, 15) is 9.90 Å². The average molecular weight is 478 g/mol. The van der Waals surface area contributed by atoms with Crippen molar-refractivity contribution in [3.63, 3.8) is 0 Å². The van der Waals surface area contributed by atoms with E-state index in [4.69, 9.17) is 4.74 Å². The fourth-order valence-corrected chi connectivity index (χ4v) is 4.16. The van der Waals surface area contributed by atoms with E-state index in [1.807, 2.05) is 38.3 Å². The molecule has 34 heavy (non-hydrogen) atoms. The van der Waals surface area contributed by atoms with Crippen molar-refractivity contribution in [2.75, 3.05) is 0 Å². The summed E-state index contributed by atoms with van der Waals surface area (Å²) in [6.45, 7) is 11.1. The fraction of sp³-hybridized carbons (Fsp3) is 0.320. The summed E-state index contributed by atoms with van der Waals surface area (Å²) in [6, 6.07) is 5.43. The maximum absolute atomic E-state index is 13.4. The van der Waals surface area contributed by atoms with Gasteiger partial charge < -0.3 is 9.84 Å². The molecule has 0 aliphatic rings. The summed E-state index contributed by atoms with van der Waals surface area (Å²) < 4.78 is 7.60. The maximum atomic E-state index is 13.4. The van der Waals surface area contributed by atoms with Crippen LogP contribution in [0.5, 0.6) is 5.75 Å². The number of aliphatic hydroxyl groups is 1. The van der Waals surface area contributed by atoms with Crippen LogP contribution in [0.4, 0.5) is 0 Å². The Bertz CT molecular complexity index is 1420. The monoisotopic (exact) mass is 477 g/mol. The Morgan fingerprint density at radius 3 is 2.53 bits per heavy atom. The predicted octanol–water partition coefficient (Wildman–Crippen LogP) is 4.19. The Morgan fingerprint density at radius 1 is 1.09 bits per heavy atom. The van der Waals surface area contributed by atoms with Crippen molar-refractivity contribution in [2.24, 2.45) is 0 Å². The smallest absolute Gasteiger partial charge is 0.261 e. The Hall–Kier alpha value is -3.43. The van der Waals surface area contributed by atoms with Crippen LogP contribution in [0.15, 0.2) is 40.8 Å². The first-order valence-electron chi connectivity index (χ1n) is 10.8. The highest BCUT2D eigenvalue weighted by atomic mass is 32.1. The Labute approximate surface area is 202 Å². The number of thiazole rings is 1. The largest absolute Gasteiger partial charge is 0.487 e. The summed E-state index contributed by atoms with van der Waals surface area (Å²) >= 11 is 1.57. The van der Waals surface area contributed by atoms with Crippen molar-refractivity contribution < 1.29 is 9.84 Å². The molecular formula is C25H27N5O3S. The van der Waals surface area contributed by atoms with E-state index >= 15 is 0 Å². The quantitative estimate of drug-likeness (QED) is 0.444. The number of hydrogen-bond acceptors (Lipinski definition) is 8. The van der Waals surface area contributed by atoms with Gasteiger partial charge in [0.25, 0.3) is 5.56 Å². The third-order valence-electron chi connectivity index (χ3n) is 5.41. The Kier molecular flexibility index (Phi) is 6.33. The molecule has 0 unspecified atom stereocenters. The Balaban J connectivity index is 1.73. The molecule has 176 valence electrons. The van der Waals surface area contributed by atoms with Crippen LogP contribution in [0, 0.1) is 27.7 Å². The summed E-state index contributed by atoms with van der Waals surface area (Å²) in [5.74, 6) is 0.844. The highest BCUT2D eigenvalue weighted by Crippen LogP contribution is 2.25. The van der Waals surface area contributed by atoms with E-state index in [-0.39, 0.29) is 5.56 Å². The molecule has 0 radical (unpaired) electrons. The highest BCUT2D eigenvalue weighted by molar-refractivity contribution is 7.09. The average Bonchev–Trinajstić information content (AvgIpc) is 3.21. The molecule has 4 heterocycles. The number of aryl methyl sites for hydroxylation is 3. The number of aromatic nitrogens is 5. The summed E-state index contributed by atoms with van der Waals surface area (Å²) in [5, 5.41) is 13.2. The minimum absolute atomic E-state index is 0.162. The van der Waals surface area contributed by atoms with Gasteiger partial charge in [-0.3, -0.25) is 14.3 Å². The second-order valence-electron chi connectivity index (χ2n) is 8.74. The lowest BCUT2D eigenvalue weighted by molar-refractivity contribution is 0.0688. The molecule has 0 atom stereocenters. The maximum Gasteiger partial charge on any atom is 0.261 e. The zero-order valence-corrected chi connectivity index (χ0v) is 20.9. The molecular weight excluding hydrogens is 450 g/mol. The molecule has 0 amide bonds. The zero-order valence-electron chi connectivity index (χ0n) is 20.1. The van der Waals surface area contributed by atoms with Crippen molar-refractivity contribution >= 4 is 11.3 Å². The van der Waals surface area contributed by atoms with Gasteiger partial charge in [0.05, 0.1) is 33.3 Å². The van der Waals surface area contributed by atoms with Gasteiger partial charge in [-0.1, -0.05) is 0 Å². The van der Waals surface area contributed by atoms with Crippen molar-refractivity contribution in [1.29, 1.82) is 0 Å². The van der Waals surface area contributed by atoms with Crippen molar-refractivity contribution in [3.8, 4) is 22.8 Å². The topological polar surface area (TPSA) is 103 Å². The van der Waals surface area contributed by atoms with Gasteiger partial charge in [0, 0.05) is 29.5 Å². The van der Waals surface area contributed by atoms with Crippen molar-refractivity contribution in [3.05, 3.63) is 79.7 Å². The lowest BCUT2D eigenvalue weighted by atomic mass is 10.1. The minimum Gasteiger partial charge on any atom is -0.487 e. The lowest BCUT2D eigenvalue weighted by Gasteiger charge is -2.18. The van der Waals surface area contributed by atoms with Crippen LogP contribution in [-0.2, 0) is 12.2 Å². The van der Waals surface area contributed by atoms with Crippen LogP contribution in [0.1, 0.15) is 47.2 Å².